The molecule has 19 heavy (non-hydrogen) atoms. The van der Waals surface area contributed by atoms with Crippen LogP contribution in [-0.4, -0.2) is 23.2 Å². The monoisotopic (exact) mass is 448 g/mol. The Bertz CT molecular complexity index is 629. The number of hydrogen-bond donors (Lipinski definition) is 0. The quantitative estimate of drug-likeness (QED) is 0.611. The van der Waals surface area contributed by atoms with Crippen LogP contribution in [0, 0.1) is 0 Å². The highest BCUT2D eigenvalue weighted by Gasteiger charge is 2.18. The van der Waals surface area contributed by atoms with E-state index in [1.807, 2.05) is 12.1 Å². The van der Waals surface area contributed by atoms with E-state index in [2.05, 4.69) is 57.8 Å². The van der Waals surface area contributed by atoms with E-state index in [-0.39, 0.29) is 0 Å². The summed E-state index contributed by atoms with van der Waals surface area (Å²) in [5.41, 5.74) is 0.859. The molecule has 7 heteroatoms. The summed E-state index contributed by atoms with van der Waals surface area (Å²) in [5, 5.41) is 0. The molecule has 1 aliphatic rings. The van der Waals surface area contributed by atoms with Crippen LogP contribution in [0.5, 0.6) is 11.5 Å². The van der Waals surface area contributed by atoms with Gasteiger partial charge in [0.25, 0.3) is 0 Å². The van der Waals surface area contributed by atoms with E-state index in [1.165, 1.54) is 0 Å². The SMILES string of the molecule is Brc1cc(Br)nc(-c2cc(Br)c3c(c2)OCCO3)n1. The van der Waals surface area contributed by atoms with Crippen LogP contribution in [0.1, 0.15) is 0 Å². The molecule has 2 aromatic rings. The van der Waals surface area contributed by atoms with E-state index in [1.54, 1.807) is 6.07 Å². The van der Waals surface area contributed by atoms with Crippen molar-refractivity contribution in [1.82, 2.24) is 9.97 Å². The van der Waals surface area contributed by atoms with Gasteiger partial charge in [-0.05, 0) is 59.9 Å². The summed E-state index contributed by atoms with van der Waals surface area (Å²) >= 11 is 10.2. The molecule has 0 atom stereocenters. The fourth-order valence-corrected chi connectivity index (χ4v) is 3.39. The fraction of sp³-hybridized carbons (Fsp3) is 0.167. The minimum absolute atomic E-state index is 0.548. The average molecular weight is 451 g/mol. The minimum atomic E-state index is 0.548. The highest BCUT2D eigenvalue weighted by molar-refractivity contribution is 9.11. The second-order valence-corrected chi connectivity index (χ2v) is 6.30. The normalized spacial score (nSPS) is 13.4. The number of ether oxygens (including phenoxy) is 2. The molecule has 0 radical (unpaired) electrons. The van der Waals surface area contributed by atoms with Crippen molar-refractivity contribution in [3.8, 4) is 22.9 Å². The minimum Gasteiger partial charge on any atom is -0.486 e. The maximum atomic E-state index is 5.59. The molecule has 98 valence electrons. The third kappa shape index (κ3) is 2.78. The molecular formula is C12H7Br3N2O2. The second kappa shape index (κ2) is 5.38. The Labute approximate surface area is 134 Å². The molecule has 0 aliphatic carbocycles. The van der Waals surface area contributed by atoms with Gasteiger partial charge in [-0.15, -0.1) is 0 Å². The lowest BCUT2D eigenvalue weighted by atomic mass is 10.2. The van der Waals surface area contributed by atoms with E-state index in [4.69, 9.17) is 9.47 Å². The summed E-state index contributed by atoms with van der Waals surface area (Å²) in [4.78, 5) is 8.71. The van der Waals surface area contributed by atoms with Crippen LogP contribution in [0.15, 0.2) is 31.9 Å². The third-order valence-corrected chi connectivity index (χ3v) is 3.92. The average Bonchev–Trinajstić information content (AvgIpc) is 2.37. The molecule has 1 aliphatic heterocycles. The summed E-state index contributed by atoms with van der Waals surface area (Å²) in [6, 6.07) is 5.59. The zero-order valence-electron chi connectivity index (χ0n) is 9.49. The first-order chi connectivity index (χ1) is 9.13. The molecule has 0 saturated heterocycles. The lowest BCUT2D eigenvalue weighted by Gasteiger charge is -2.20. The van der Waals surface area contributed by atoms with E-state index < -0.39 is 0 Å². The van der Waals surface area contributed by atoms with Gasteiger partial charge in [0.05, 0.1) is 4.47 Å². The number of benzene rings is 1. The van der Waals surface area contributed by atoms with Gasteiger partial charge in [0.2, 0.25) is 0 Å². The number of fused-ring (bicyclic) bond motifs is 1. The largest absolute Gasteiger partial charge is 0.486 e. The molecule has 0 saturated carbocycles. The van der Waals surface area contributed by atoms with Crippen LogP contribution in [0.4, 0.5) is 0 Å². The van der Waals surface area contributed by atoms with Gasteiger partial charge in [-0.1, -0.05) is 0 Å². The maximum absolute atomic E-state index is 5.59. The van der Waals surface area contributed by atoms with Gasteiger partial charge in [0.15, 0.2) is 17.3 Å². The first kappa shape index (κ1) is 13.3. The van der Waals surface area contributed by atoms with Gasteiger partial charge in [0.1, 0.15) is 22.4 Å². The molecule has 4 nitrogen and oxygen atoms in total. The van der Waals surface area contributed by atoms with Crippen molar-refractivity contribution >= 4 is 47.8 Å². The molecule has 0 N–H and O–H groups in total. The highest BCUT2D eigenvalue weighted by Crippen LogP contribution is 2.40. The molecule has 0 spiro atoms. The van der Waals surface area contributed by atoms with E-state index in [0.29, 0.717) is 24.8 Å². The Morgan fingerprint density at radius 2 is 1.58 bits per heavy atom. The molecule has 0 fully saturated rings. The van der Waals surface area contributed by atoms with Gasteiger partial charge >= 0.3 is 0 Å². The standard InChI is InChI=1S/C12H7Br3N2O2/c13-7-3-6(4-8-11(7)19-2-1-18-8)12-16-9(14)5-10(15)17-12/h3-5H,1-2H2. The van der Waals surface area contributed by atoms with Gasteiger partial charge in [0, 0.05) is 11.6 Å². The molecule has 3 rings (SSSR count). The highest BCUT2D eigenvalue weighted by atomic mass is 79.9. The van der Waals surface area contributed by atoms with E-state index in [9.17, 15) is 0 Å². The van der Waals surface area contributed by atoms with Crippen molar-refractivity contribution in [2.45, 2.75) is 0 Å². The molecule has 0 amide bonds. The molecular weight excluding hydrogens is 444 g/mol. The summed E-state index contributed by atoms with van der Waals surface area (Å²) in [6.07, 6.45) is 0. The van der Waals surface area contributed by atoms with Crippen LogP contribution >= 0.6 is 47.8 Å². The van der Waals surface area contributed by atoms with Crippen molar-refractivity contribution in [3.63, 3.8) is 0 Å². The lowest BCUT2D eigenvalue weighted by Crippen LogP contribution is -2.15. The number of aromatic nitrogens is 2. The Morgan fingerprint density at radius 3 is 2.32 bits per heavy atom. The zero-order chi connectivity index (χ0) is 13.4. The number of hydrogen-bond acceptors (Lipinski definition) is 4. The molecule has 2 heterocycles. The van der Waals surface area contributed by atoms with Crippen LogP contribution < -0.4 is 9.47 Å². The van der Waals surface area contributed by atoms with Gasteiger partial charge in [-0.2, -0.15) is 0 Å². The van der Waals surface area contributed by atoms with Crippen LogP contribution in [0.3, 0.4) is 0 Å². The molecule has 1 aromatic heterocycles. The van der Waals surface area contributed by atoms with Gasteiger partial charge in [-0.3, -0.25) is 0 Å². The van der Waals surface area contributed by atoms with Gasteiger partial charge in [-0.25, -0.2) is 9.97 Å². The van der Waals surface area contributed by atoms with Crippen LogP contribution in [0.2, 0.25) is 0 Å². The van der Waals surface area contributed by atoms with Crippen molar-refractivity contribution in [3.05, 3.63) is 31.9 Å². The molecule has 0 bridgehead atoms. The van der Waals surface area contributed by atoms with E-state index >= 15 is 0 Å². The molecule has 1 aromatic carbocycles. The topological polar surface area (TPSA) is 44.2 Å². The first-order valence-corrected chi connectivity index (χ1v) is 7.81. The second-order valence-electron chi connectivity index (χ2n) is 3.82. The number of halogens is 3. The molecule has 0 unspecified atom stereocenters. The summed E-state index contributed by atoms with van der Waals surface area (Å²) in [6.45, 7) is 1.11. The Kier molecular flexibility index (Phi) is 3.77. The Morgan fingerprint density at radius 1 is 0.895 bits per heavy atom. The predicted molar refractivity (Wildman–Crippen MR) is 81.6 cm³/mol. The smallest absolute Gasteiger partial charge is 0.175 e. The predicted octanol–water partition coefficient (Wildman–Crippen LogP) is 4.20. The van der Waals surface area contributed by atoms with Crippen molar-refractivity contribution in [1.29, 1.82) is 0 Å². The number of rotatable bonds is 1. The summed E-state index contributed by atoms with van der Waals surface area (Å²) < 4.78 is 13.4. The lowest BCUT2D eigenvalue weighted by molar-refractivity contribution is 0.170. The van der Waals surface area contributed by atoms with Gasteiger partial charge < -0.3 is 9.47 Å². The van der Waals surface area contributed by atoms with E-state index in [0.717, 1.165) is 25.0 Å². The third-order valence-electron chi connectivity index (χ3n) is 2.52. The Hall–Kier alpha value is -0.660. The van der Waals surface area contributed by atoms with Crippen molar-refractivity contribution in [2.75, 3.05) is 13.2 Å². The summed E-state index contributed by atoms with van der Waals surface area (Å²) in [7, 11) is 0. The Balaban J connectivity index is 2.12. The fourth-order valence-electron chi connectivity index (χ4n) is 1.76. The van der Waals surface area contributed by atoms with Crippen molar-refractivity contribution in [2.24, 2.45) is 0 Å². The number of nitrogens with zero attached hydrogens (tertiary/aromatic N) is 2. The van der Waals surface area contributed by atoms with Crippen LogP contribution in [-0.2, 0) is 0 Å². The first-order valence-electron chi connectivity index (χ1n) is 5.43. The van der Waals surface area contributed by atoms with Crippen LogP contribution in [0.25, 0.3) is 11.4 Å². The summed E-state index contributed by atoms with van der Waals surface area (Å²) in [5.74, 6) is 2.04. The zero-order valence-corrected chi connectivity index (χ0v) is 14.2. The van der Waals surface area contributed by atoms with Crippen molar-refractivity contribution < 1.29 is 9.47 Å². The maximum Gasteiger partial charge on any atom is 0.175 e.